The van der Waals surface area contributed by atoms with E-state index < -0.39 is 5.97 Å². The van der Waals surface area contributed by atoms with Gasteiger partial charge >= 0.3 is 5.97 Å². The Labute approximate surface area is 109 Å². The smallest absolute Gasteiger partial charge is 0.378 e. The van der Waals surface area contributed by atoms with E-state index in [4.69, 9.17) is 16.3 Å². The molecule has 2 rings (SSSR count). The van der Waals surface area contributed by atoms with Crippen LogP contribution in [0.2, 0.25) is 5.28 Å². The molecule has 6 heteroatoms. The Kier molecular flexibility index (Phi) is 3.94. The predicted molar refractivity (Wildman–Crippen MR) is 66.5 cm³/mol. The Hall–Kier alpha value is -1.88. The molecule has 2 aromatic rings. The highest BCUT2D eigenvalue weighted by atomic mass is 35.5. The van der Waals surface area contributed by atoms with Crippen molar-refractivity contribution in [1.29, 1.82) is 0 Å². The minimum absolute atomic E-state index is 0.0159. The van der Waals surface area contributed by atoms with Crippen molar-refractivity contribution < 1.29 is 9.53 Å². The van der Waals surface area contributed by atoms with Gasteiger partial charge in [0.05, 0.1) is 13.2 Å². The number of ether oxygens (including phenoxy) is 1. The van der Waals surface area contributed by atoms with Gasteiger partial charge in [-0.25, -0.2) is 9.48 Å². The minimum Gasteiger partial charge on any atom is -0.460 e. The number of nitrogens with zero attached hydrogens (tertiary/aromatic N) is 3. The fraction of sp³-hybridized carbons (Fsp3) is 0.250. The second kappa shape index (κ2) is 5.64. The van der Waals surface area contributed by atoms with Gasteiger partial charge in [-0.2, -0.15) is 4.98 Å². The van der Waals surface area contributed by atoms with Gasteiger partial charge in [-0.1, -0.05) is 30.3 Å². The van der Waals surface area contributed by atoms with Crippen LogP contribution in [-0.2, 0) is 11.3 Å². The van der Waals surface area contributed by atoms with Crippen molar-refractivity contribution in [2.24, 2.45) is 0 Å². The lowest BCUT2D eigenvalue weighted by Gasteiger charge is -2.01. The van der Waals surface area contributed by atoms with Crippen LogP contribution in [0.15, 0.2) is 30.3 Å². The van der Waals surface area contributed by atoms with Crippen molar-refractivity contribution in [1.82, 2.24) is 14.8 Å². The molecule has 0 N–H and O–H groups in total. The lowest BCUT2D eigenvalue weighted by atomic mass is 10.2. The summed E-state index contributed by atoms with van der Waals surface area (Å²) in [6.45, 7) is 2.47. The number of rotatable bonds is 4. The summed E-state index contributed by atoms with van der Waals surface area (Å²) in [5.74, 6) is -0.580. The monoisotopic (exact) mass is 265 g/mol. The van der Waals surface area contributed by atoms with E-state index in [1.165, 1.54) is 4.68 Å². The third-order valence-electron chi connectivity index (χ3n) is 2.26. The maximum atomic E-state index is 11.4. The molecule has 0 aliphatic heterocycles. The fourth-order valence-corrected chi connectivity index (χ4v) is 1.64. The first-order chi connectivity index (χ1) is 8.70. The summed E-state index contributed by atoms with van der Waals surface area (Å²) in [7, 11) is 0. The molecule has 0 aliphatic rings. The van der Waals surface area contributed by atoms with Crippen molar-refractivity contribution in [3.05, 3.63) is 47.0 Å². The number of carbonyl (C=O) groups excluding carboxylic acids is 1. The lowest BCUT2D eigenvalue weighted by Crippen LogP contribution is -2.08. The van der Waals surface area contributed by atoms with Gasteiger partial charge in [-0.3, -0.25) is 0 Å². The molecule has 94 valence electrons. The third kappa shape index (κ3) is 2.87. The van der Waals surface area contributed by atoms with E-state index in [1.54, 1.807) is 6.92 Å². The van der Waals surface area contributed by atoms with Gasteiger partial charge in [0.2, 0.25) is 5.28 Å². The zero-order valence-corrected chi connectivity index (χ0v) is 10.6. The molecule has 0 fully saturated rings. The maximum absolute atomic E-state index is 11.4. The van der Waals surface area contributed by atoms with Crippen LogP contribution >= 0.6 is 11.6 Å². The summed E-state index contributed by atoms with van der Waals surface area (Å²) in [6, 6.07) is 9.67. The second-order valence-electron chi connectivity index (χ2n) is 3.57. The molecule has 0 unspecified atom stereocenters. The highest BCUT2D eigenvalue weighted by Crippen LogP contribution is 2.10. The summed E-state index contributed by atoms with van der Waals surface area (Å²) in [5, 5.41) is 4.19. The zero-order chi connectivity index (χ0) is 13.0. The van der Waals surface area contributed by atoms with Crippen LogP contribution in [0.5, 0.6) is 0 Å². The van der Waals surface area contributed by atoms with Crippen molar-refractivity contribution in [2.45, 2.75) is 13.5 Å². The molecule has 1 aromatic carbocycles. The molecule has 0 atom stereocenters. The van der Waals surface area contributed by atoms with Crippen LogP contribution in [0, 0.1) is 0 Å². The summed E-state index contributed by atoms with van der Waals surface area (Å²) >= 11 is 5.92. The quantitative estimate of drug-likeness (QED) is 0.795. The fourth-order valence-electron chi connectivity index (χ4n) is 1.46. The number of hydrogen-bond acceptors (Lipinski definition) is 4. The first kappa shape index (κ1) is 12.6. The van der Waals surface area contributed by atoms with Crippen LogP contribution in [0.3, 0.4) is 0 Å². The maximum Gasteiger partial charge on any atom is 0.378 e. The molecule has 0 bridgehead atoms. The summed E-state index contributed by atoms with van der Waals surface area (Å²) < 4.78 is 6.27. The molecule has 0 amide bonds. The van der Waals surface area contributed by atoms with Gasteiger partial charge in [0.1, 0.15) is 0 Å². The van der Waals surface area contributed by atoms with E-state index in [1.807, 2.05) is 30.3 Å². The van der Waals surface area contributed by atoms with E-state index in [0.29, 0.717) is 6.54 Å². The standard InChI is InChI=1S/C12H12ClN3O2/c1-2-18-11(17)10-14-12(13)16(15-10)8-9-6-4-3-5-7-9/h3-7H,2,8H2,1H3. The molecular formula is C12H12ClN3O2. The number of hydrogen-bond donors (Lipinski definition) is 0. The molecule has 5 nitrogen and oxygen atoms in total. The third-order valence-corrected chi connectivity index (χ3v) is 2.54. The van der Waals surface area contributed by atoms with Crippen molar-refractivity contribution in [3.8, 4) is 0 Å². The number of esters is 1. The Bertz CT molecular complexity index is 540. The van der Waals surface area contributed by atoms with E-state index in [-0.39, 0.29) is 17.7 Å². The van der Waals surface area contributed by atoms with Crippen LogP contribution in [-0.4, -0.2) is 27.3 Å². The molecule has 18 heavy (non-hydrogen) atoms. The van der Waals surface area contributed by atoms with E-state index in [0.717, 1.165) is 5.56 Å². The SMILES string of the molecule is CCOC(=O)c1nc(Cl)n(Cc2ccccc2)n1. The number of aromatic nitrogens is 3. The second-order valence-corrected chi connectivity index (χ2v) is 3.91. The van der Waals surface area contributed by atoms with E-state index >= 15 is 0 Å². The van der Waals surface area contributed by atoms with Gasteiger partial charge in [0.25, 0.3) is 5.82 Å². The van der Waals surface area contributed by atoms with Gasteiger partial charge < -0.3 is 4.74 Å². The van der Waals surface area contributed by atoms with Crippen molar-refractivity contribution >= 4 is 17.6 Å². The van der Waals surface area contributed by atoms with Crippen LogP contribution in [0.4, 0.5) is 0 Å². The molecule has 0 aliphatic carbocycles. The molecule has 0 saturated carbocycles. The highest BCUT2D eigenvalue weighted by Gasteiger charge is 2.16. The Morgan fingerprint density at radius 3 is 2.78 bits per heavy atom. The Balaban J connectivity index is 2.17. The summed E-state index contributed by atoms with van der Waals surface area (Å²) in [6.07, 6.45) is 0. The largest absolute Gasteiger partial charge is 0.460 e. The van der Waals surface area contributed by atoms with Crippen molar-refractivity contribution in [2.75, 3.05) is 6.61 Å². The number of carbonyl (C=O) groups is 1. The summed E-state index contributed by atoms with van der Waals surface area (Å²) in [4.78, 5) is 15.3. The number of benzene rings is 1. The Morgan fingerprint density at radius 2 is 2.11 bits per heavy atom. The molecule has 1 aromatic heterocycles. The highest BCUT2D eigenvalue weighted by molar-refractivity contribution is 6.28. The Morgan fingerprint density at radius 1 is 1.39 bits per heavy atom. The lowest BCUT2D eigenvalue weighted by molar-refractivity contribution is 0.0512. The van der Waals surface area contributed by atoms with Gasteiger partial charge in [-0.05, 0) is 24.1 Å². The van der Waals surface area contributed by atoms with Crippen LogP contribution in [0.1, 0.15) is 23.1 Å². The van der Waals surface area contributed by atoms with Crippen LogP contribution in [0.25, 0.3) is 0 Å². The normalized spacial score (nSPS) is 10.3. The molecule has 1 heterocycles. The average molecular weight is 266 g/mol. The first-order valence-corrected chi connectivity index (χ1v) is 5.90. The van der Waals surface area contributed by atoms with Gasteiger partial charge in [-0.15, -0.1) is 5.10 Å². The van der Waals surface area contributed by atoms with Gasteiger partial charge in [0.15, 0.2) is 0 Å². The molecule has 0 saturated heterocycles. The predicted octanol–water partition coefficient (Wildman–Crippen LogP) is 2.16. The van der Waals surface area contributed by atoms with Crippen LogP contribution < -0.4 is 0 Å². The van der Waals surface area contributed by atoms with Crippen molar-refractivity contribution in [3.63, 3.8) is 0 Å². The first-order valence-electron chi connectivity index (χ1n) is 5.52. The molecule has 0 radical (unpaired) electrons. The molecule has 0 spiro atoms. The van der Waals surface area contributed by atoms with Gasteiger partial charge in [0, 0.05) is 0 Å². The molecular weight excluding hydrogens is 254 g/mol. The van der Waals surface area contributed by atoms with E-state index in [9.17, 15) is 4.79 Å². The average Bonchev–Trinajstić information content (AvgIpc) is 2.73. The zero-order valence-electron chi connectivity index (χ0n) is 9.84. The minimum atomic E-state index is -0.564. The number of halogens is 1. The van der Waals surface area contributed by atoms with E-state index in [2.05, 4.69) is 10.1 Å². The summed E-state index contributed by atoms with van der Waals surface area (Å²) in [5.41, 5.74) is 1.03. The topological polar surface area (TPSA) is 57.0 Å².